The van der Waals surface area contributed by atoms with E-state index < -0.39 is 5.60 Å². The number of fused-ring (bicyclic) bond motifs is 3. The van der Waals surface area contributed by atoms with Gasteiger partial charge in [0.1, 0.15) is 17.5 Å². The van der Waals surface area contributed by atoms with E-state index in [1.165, 1.54) is 0 Å². The van der Waals surface area contributed by atoms with Crippen molar-refractivity contribution in [2.75, 3.05) is 24.5 Å². The standard InChI is InChI=1S/C26H29N3O2/c1-2-23-26(31,20-13-16-28(23)17-14-20)21-11-12-24(29-15-7-6-10-25(29)30)27-22(21)18-19-8-4-3-5-9-19/h1,3-5,8-9,11-12,20,23,31H,6-7,10,13-18H2/t23?,26-/m1/s1. The number of aromatic nitrogens is 1. The zero-order chi connectivity index (χ0) is 21.4. The number of aliphatic hydroxyl groups is 1. The molecule has 2 atom stereocenters. The molecule has 0 aliphatic carbocycles. The van der Waals surface area contributed by atoms with E-state index in [0.717, 1.165) is 55.6 Å². The molecule has 1 unspecified atom stereocenters. The lowest BCUT2D eigenvalue weighted by Crippen LogP contribution is -2.63. The van der Waals surface area contributed by atoms with Crippen LogP contribution >= 0.6 is 0 Å². The molecule has 1 N–H and O–H groups in total. The number of piperidine rings is 4. The van der Waals surface area contributed by atoms with Gasteiger partial charge in [0, 0.05) is 24.9 Å². The number of rotatable bonds is 4. The number of carbonyl (C=O) groups is 1. The summed E-state index contributed by atoms with van der Waals surface area (Å²) in [6.07, 6.45) is 10.9. The predicted octanol–water partition coefficient (Wildman–Crippen LogP) is 3.10. The van der Waals surface area contributed by atoms with Gasteiger partial charge in [-0.15, -0.1) is 6.42 Å². The maximum Gasteiger partial charge on any atom is 0.228 e. The quantitative estimate of drug-likeness (QED) is 0.780. The summed E-state index contributed by atoms with van der Waals surface area (Å²) >= 11 is 0. The molecule has 4 saturated heterocycles. The highest BCUT2D eigenvalue weighted by Crippen LogP contribution is 2.48. The number of terminal acetylenes is 1. The lowest BCUT2D eigenvalue weighted by Gasteiger charge is -2.54. The van der Waals surface area contributed by atoms with Gasteiger partial charge in [-0.1, -0.05) is 42.3 Å². The Balaban J connectivity index is 1.61. The third kappa shape index (κ3) is 3.44. The Bertz CT molecular complexity index is 1010. The van der Waals surface area contributed by atoms with Crippen LogP contribution in [0.4, 0.5) is 5.82 Å². The molecule has 5 heteroatoms. The average Bonchev–Trinajstić information content (AvgIpc) is 2.81. The summed E-state index contributed by atoms with van der Waals surface area (Å²) in [6.45, 7) is 2.57. The minimum absolute atomic E-state index is 0.123. The van der Waals surface area contributed by atoms with E-state index in [9.17, 15) is 9.90 Å². The second kappa shape index (κ2) is 8.11. The van der Waals surface area contributed by atoms with Gasteiger partial charge in [-0.25, -0.2) is 4.98 Å². The Morgan fingerprint density at radius 2 is 1.87 bits per heavy atom. The highest BCUT2D eigenvalue weighted by atomic mass is 16.3. The van der Waals surface area contributed by atoms with Crippen LogP contribution < -0.4 is 4.90 Å². The highest BCUT2D eigenvalue weighted by Gasteiger charge is 2.54. The van der Waals surface area contributed by atoms with Gasteiger partial charge in [-0.05, 0) is 56.3 Å². The first kappa shape index (κ1) is 20.2. The van der Waals surface area contributed by atoms with Crippen LogP contribution in [-0.2, 0) is 16.8 Å². The Kier molecular flexibility index (Phi) is 5.29. The minimum atomic E-state index is -1.12. The van der Waals surface area contributed by atoms with Crippen LogP contribution in [0.5, 0.6) is 0 Å². The number of anilines is 1. The van der Waals surface area contributed by atoms with Gasteiger partial charge in [-0.3, -0.25) is 14.6 Å². The second-order valence-electron chi connectivity index (χ2n) is 9.03. The molecule has 4 aliphatic rings. The first-order valence-electron chi connectivity index (χ1n) is 11.4. The molecule has 4 fully saturated rings. The highest BCUT2D eigenvalue weighted by molar-refractivity contribution is 5.93. The zero-order valence-electron chi connectivity index (χ0n) is 17.8. The topological polar surface area (TPSA) is 56.7 Å². The van der Waals surface area contributed by atoms with Crippen LogP contribution in [0.25, 0.3) is 0 Å². The molecular formula is C26H29N3O2. The summed E-state index contributed by atoms with van der Waals surface area (Å²) in [5.74, 6) is 3.81. The molecule has 4 aliphatic heterocycles. The molecule has 31 heavy (non-hydrogen) atoms. The van der Waals surface area contributed by atoms with Crippen molar-refractivity contribution in [2.45, 2.75) is 50.2 Å². The molecule has 2 aromatic rings. The molecule has 1 amide bonds. The number of hydrogen-bond acceptors (Lipinski definition) is 4. The molecule has 5 nitrogen and oxygen atoms in total. The van der Waals surface area contributed by atoms with Gasteiger partial charge >= 0.3 is 0 Å². The van der Waals surface area contributed by atoms with Gasteiger partial charge < -0.3 is 5.11 Å². The first-order valence-corrected chi connectivity index (χ1v) is 11.4. The van der Waals surface area contributed by atoms with Crippen molar-refractivity contribution in [1.29, 1.82) is 0 Å². The molecule has 6 rings (SSSR count). The van der Waals surface area contributed by atoms with E-state index >= 15 is 0 Å². The van der Waals surface area contributed by atoms with E-state index in [4.69, 9.17) is 11.4 Å². The summed E-state index contributed by atoms with van der Waals surface area (Å²) in [5, 5.41) is 12.1. The van der Waals surface area contributed by atoms with Gasteiger partial charge in [0.2, 0.25) is 5.91 Å². The smallest absolute Gasteiger partial charge is 0.228 e. The first-order chi connectivity index (χ1) is 15.1. The minimum Gasteiger partial charge on any atom is -0.382 e. The maximum atomic E-state index is 12.5. The lowest BCUT2D eigenvalue weighted by atomic mass is 9.66. The lowest BCUT2D eigenvalue weighted by molar-refractivity contribution is -0.143. The van der Waals surface area contributed by atoms with Crippen LogP contribution in [-0.4, -0.2) is 46.6 Å². The van der Waals surface area contributed by atoms with Crippen molar-refractivity contribution in [3.05, 3.63) is 59.3 Å². The Labute approximate surface area is 184 Å². The van der Waals surface area contributed by atoms with Crippen LogP contribution in [0.3, 0.4) is 0 Å². The van der Waals surface area contributed by atoms with E-state index in [1.54, 1.807) is 4.90 Å². The SMILES string of the molecule is C#CC1N2CCC(CC2)[C@@]1(O)c1ccc(N2CCCCC2=O)nc1Cc1ccccc1. The van der Waals surface area contributed by atoms with Gasteiger partial charge in [0.25, 0.3) is 0 Å². The molecule has 1 aromatic carbocycles. The summed E-state index contributed by atoms with van der Waals surface area (Å²) in [6, 6.07) is 13.7. The molecule has 5 heterocycles. The molecular weight excluding hydrogens is 386 g/mol. The van der Waals surface area contributed by atoms with Crippen molar-refractivity contribution in [3.63, 3.8) is 0 Å². The number of nitrogens with zero attached hydrogens (tertiary/aromatic N) is 3. The van der Waals surface area contributed by atoms with Gasteiger partial charge in [-0.2, -0.15) is 0 Å². The fourth-order valence-electron chi connectivity index (χ4n) is 5.68. The maximum absolute atomic E-state index is 12.5. The van der Waals surface area contributed by atoms with Gasteiger partial charge in [0.05, 0.1) is 5.69 Å². The van der Waals surface area contributed by atoms with E-state index in [2.05, 4.69) is 23.0 Å². The molecule has 0 spiro atoms. The normalized spacial score (nSPS) is 30.3. The Morgan fingerprint density at radius 1 is 1.10 bits per heavy atom. The fraction of sp³-hybridized carbons (Fsp3) is 0.462. The Morgan fingerprint density at radius 3 is 2.58 bits per heavy atom. The van der Waals surface area contributed by atoms with E-state index in [0.29, 0.717) is 25.2 Å². The van der Waals surface area contributed by atoms with Crippen LogP contribution in [0.2, 0.25) is 0 Å². The van der Waals surface area contributed by atoms with Crippen molar-refractivity contribution < 1.29 is 9.90 Å². The molecule has 160 valence electrons. The van der Waals surface area contributed by atoms with Crippen molar-refractivity contribution >= 4 is 11.7 Å². The number of amides is 1. The summed E-state index contributed by atoms with van der Waals surface area (Å²) in [5.41, 5.74) is 1.65. The number of carbonyl (C=O) groups excluding carboxylic acids is 1. The number of benzene rings is 1. The molecule has 1 aromatic heterocycles. The number of hydrogen-bond donors (Lipinski definition) is 1. The average molecular weight is 416 g/mol. The third-order valence-corrected chi connectivity index (χ3v) is 7.30. The fourth-order valence-corrected chi connectivity index (χ4v) is 5.68. The predicted molar refractivity (Wildman–Crippen MR) is 121 cm³/mol. The monoisotopic (exact) mass is 415 g/mol. The Hall–Kier alpha value is -2.68. The summed E-state index contributed by atoms with van der Waals surface area (Å²) < 4.78 is 0. The van der Waals surface area contributed by atoms with Gasteiger partial charge in [0.15, 0.2) is 0 Å². The molecule has 0 radical (unpaired) electrons. The van der Waals surface area contributed by atoms with E-state index in [-0.39, 0.29) is 17.9 Å². The zero-order valence-corrected chi connectivity index (χ0v) is 17.8. The van der Waals surface area contributed by atoms with Crippen LogP contribution in [0.1, 0.15) is 48.9 Å². The second-order valence-corrected chi connectivity index (χ2v) is 9.03. The summed E-state index contributed by atoms with van der Waals surface area (Å²) in [4.78, 5) is 21.5. The largest absolute Gasteiger partial charge is 0.382 e. The third-order valence-electron chi connectivity index (χ3n) is 7.30. The molecule has 2 bridgehead atoms. The number of pyridine rings is 1. The van der Waals surface area contributed by atoms with Crippen molar-refractivity contribution in [3.8, 4) is 12.3 Å². The van der Waals surface area contributed by atoms with E-state index in [1.807, 2.05) is 30.3 Å². The van der Waals surface area contributed by atoms with Crippen LogP contribution in [0.15, 0.2) is 42.5 Å². The summed E-state index contributed by atoms with van der Waals surface area (Å²) in [7, 11) is 0. The van der Waals surface area contributed by atoms with Crippen molar-refractivity contribution in [2.24, 2.45) is 5.92 Å². The van der Waals surface area contributed by atoms with Crippen LogP contribution in [0, 0.1) is 18.3 Å². The van der Waals surface area contributed by atoms with Crippen molar-refractivity contribution in [1.82, 2.24) is 9.88 Å². The molecule has 0 saturated carbocycles.